The third kappa shape index (κ3) is 4.39. The van der Waals surface area contributed by atoms with E-state index >= 15 is 0 Å². The minimum absolute atomic E-state index is 0.0984. The molecule has 0 saturated carbocycles. The van der Waals surface area contributed by atoms with Gasteiger partial charge in [0, 0.05) is 18.0 Å². The molecule has 0 radical (unpaired) electrons. The molecule has 0 fully saturated rings. The van der Waals surface area contributed by atoms with Crippen molar-refractivity contribution in [3.8, 4) is 11.8 Å². The summed E-state index contributed by atoms with van der Waals surface area (Å²) in [4.78, 5) is 23.7. The van der Waals surface area contributed by atoms with Gasteiger partial charge in [-0.3, -0.25) is 9.59 Å². The largest absolute Gasteiger partial charge is 0.368 e. The second-order valence-electron chi connectivity index (χ2n) is 3.40. The molecular formula is C13H14N2O2. The smallest absolute Gasteiger partial charge is 0.299 e. The van der Waals surface area contributed by atoms with Gasteiger partial charge < -0.3 is 10.6 Å². The van der Waals surface area contributed by atoms with Crippen molar-refractivity contribution in [1.82, 2.24) is 4.90 Å². The van der Waals surface area contributed by atoms with Crippen LogP contribution in [0.25, 0.3) is 0 Å². The Kier molecular flexibility index (Phi) is 4.77. The van der Waals surface area contributed by atoms with Crippen LogP contribution >= 0.6 is 0 Å². The number of carbonyl (C=O) groups is 2. The van der Waals surface area contributed by atoms with Gasteiger partial charge in [-0.05, 0) is 19.1 Å². The Labute approximate surface area is 100 Å². The normalized spacial score (nSPS) is 9.00. The van der Waals surface area contributed by atoms with Gasteiger partial charge in [-0.15, -0.1) is 0 Å². The number of benzene rings is 1. The molecule has 4 heteroatoms. The molecule has 2 N–H and O–H groups in total. The van der Waals surface area contributed by atoms with Crippen molar-refractivity contribution in [2.45, 2.75) is 6.92 Å². The Balaban J connectivity index is 2.71. The van der Waals surface area contributed by atoms with Crippen LogP contribution in [-0.2, 0) is 9.59 Å². The zero-order valence-corrected chi connectivity index (χ0v) is 9.64. The lowest BCUT2D eigenvalue weighted by molar-refractivity contribution is -0.130. The van der Waals surface area contributed by atoms with Crippen molar-refractivity contribution >= 4 is 11.8 Å². The summed E-state index contributed by atoms with van der Waals surface area (Å²) in [6.07, 6.45) is 0. The molecule has 0 aliphatic carbocycles. The highest BCUT2D eigenvalue weighted by atomic mass is 16.2. The standard InChI is InChI=1S/C13H14N2O2/c1-2-15(10-12(14)16)13(17)9-8-11-6-4-3-5-7-11/h3-7H,2,10H2,1H3,(H2,14,16). The minimum atomic E-state index is -0.540. The quantitative estimate of drug-likeness (QED) is 0.763. The number of primary amides is 1. The van der Waals surface area contributed by atoms with Crippen molar-refractivity contribution in [2.24, 2.45) is 5.73 Å². The molecule has 88 valence electrons. The molecule has 4 nitrogen and oxygen atoms in total. The molecule has 17 heavy (non-hydrogen) atoms. The van der Waals surface area contributed by atoms with Crippen LogP contribution in [0.5, 0.6) is 0 Å². The number of likely N-dealkylation sites (N-methyl/N-ethyl adjacent to an activating group) is 1. The van der Waals surface area contributed by atoms with Crippen LogP contribution in [-0.4, -0.2) is 29.8 Å². The number of carbonyl (C=O) groups excluding carboxylic acids is 2. The molecule has 1 rings (SSSR count). The summed E-state index contributed by atoms with van der Waals surface area (Å²) < 4.78 is 0. The van der Waals surface area contributed by atoms with Crippen molar-refractivity contribution in [3.63, 3.8) is 0 Å². The first-order valence-electron chi connectivity index (χ1n) is 5.27. The van der Waals surface area contributed by atoms with E-state index in [0.29, 0.717) is 6.54 Å². The van der Waals surface area contributed by atoms with Gasteiger partial charge in [-0.2, -0.15) is 0 Å². The van der Waals surface area contributed by atoms with Crippen LogP contribution in [0.1, 0.15) is 12.5 Å². The van der Waals surface area contributed by atoms with E-state index in [-0.39, 0.29) is 6.54 Å². The van der Waals surface area contributed by atoms with Crippen molar-refractivity contribution in [3.05, 3.63) is 35.9 Å². The van der Waals surface area contributed by atoms with Gasteiger partial charge in [-0.1, -0.05) is 24.1 Å². The maximum atomic E-state index is 11.6. The van der Waals surface area contributed by atoms with Gasteiger partial charge in [0.05, 0.1) is 0 Å². The lowest BCUT2D eigenvalue weighted by Crippen LogP contribution is -2.37. The van der Waals surface area contributed by atoms with Crippen molar-refractivity contribution in [2.75, 3.05) is 13.1 Å². The predicted octanol–water partition coefficient (Wildman–Crippen LogP) is 0.372. The van der Waals surface area contributed by atoms with Gasteiger partial charge in [0.15, 0.2) is 0 Å². The average molecular weight is 230 g/mol. The second-order valence-corrected chi connectivity index (χ2v) is 3.40. The van der Waals surface area contributed by atoms with E-state index < -0.39 is 11.8 Å². The SMILES string of the molecule is CCN(CC(N)=O)C(=O)C#Cc1ccccc1. The van der Waals surface area contributed by atoms with E-state index in [1.54, 1.807) is 6.92 Å². The van der Waals surface area contributed by atoms with Crippen LogP contribution in [0.2, 0.25) is 0 Å². The second kappa shape index (κ2) is 6.33. The summed E-state index contributed by atoms with van der Waals surface area (Å²) in [5.41, 5.74) is 5.79. The Bertz CT molecular complexity index is 457. The summed E-state index contributed by atoms with van der Waals surface area (Å²) in [5.74, 6) is 4.29. The number of nitrogens with zero attached hydrogens (tertiary/aromatic N) is 1. The zero-order chi connectivity index (χ0) is 12.7. The van der Waals surface area contributed by atoms with E-state index in [4.69, 9.17) is 5.73 Å². The van der Waals surface area contributed by atoms with Crippen LogP contribution in [0.4, 0.5) is 0 Å². The first-order valence-corrected chi connectivity index (χ1v) is 5.27. The fourth-order valence-corrected chi connectivity index (χ4v) is 1.24. The van der Waals surface area contributed by atoms with Gasteiger partial charge in [-0.25, -0.2) is 0 Å². The molecule has 1 aromatic rings. The molecule has 1 aromatic carbocycles. The lowest BCUT2D eigenvalue weighted by Gasteiger charge is -2.14. The van der Waals surface area contributed by atoms with Gasteiger partial charge in [0.1, 0.15) is 6.54 Å². The average Bonchev–Trinajstić information content (AvgIpc) is 2.34. The Morgan fingerprint density at radius 2 is 1.94 bits per heavy atom. The summed E-state index contributed by atoms with van der Waals surface area (Å²) in [7, 11) is 0. The summed E-state index contributed by atoms with van der Waals surface area (Å²) >= 11 is 0. The first-order chi connectivity index (χ1) is 8.13. The third-order valence-electron chi connectivity index (χ3n) is 2.10. The molecule has 0 unspecified atom stereocenters. The fraction of sp³-hybridized carbons (Fsp3) is 0.231. The van der Waals surface area contributed by atoms with Gasteiger partial charge in [0.2, 0.25) is 5.91 Å². The third-order valence-corrected chi connectivity index (χ3v) is 2.10. The highest BCUT2D eigenvalue weighted by molar-refractivity contribution is 5.96. The molecule has 0 atom stereocenters. The van der Waals surface area contributed by atoms with Crippen LogP contribution in [0, 0.1) is 11.8 Å². The first kappa shape index (κ1) is 12.8. The Morgan fingerprint density at radius 1 is 1.29 bits per heavy atom. The maximum Gasteiger partial charge on any atom is 0.299 e. The summed E-state index contributed by atoms with van der Waals surface area (Å²) in [6, 6.07) is 9.18. The molecule has 2 amide bonds. The van der Waals surface area contributed by atoms with Crippen LogP contribution < -0.4 is 5.73 Å². The number of rotatable bonds is 3. The number of nitrogens with two attached hydrogens (primary N) is 1. The molecular weight excluding hydrogens is 216 g/mol. The van der Waals surface area contributed by atoms with Crippen molar-refractivity contribution in [1.29, 1.82) is 0 Å². The van der Waals surface area contributed by atoms with Crippen LogP contribution in [0.3, 0.4) is 0 Å². The predicted molar refractivity (Wildman–Crippen MR) is 64.8 cm³/mol. The molecule has 0 aliphatic rings. The van der Waals surface area contributed by atoms with E-state index in [2.05, 4.69) is 11.8 Å². The number of hydrogen-bond acceptors (Lipinski definition) is 2. The molecule has 0 heterocycles. The fourth-order valence-electron chi connectivity index (χ4n) is 1.24. The highest BCUT2D eigenvalue weighted by Crippen LogP contribution is 1.95. The highest BCUT2D eigenvalue weighted by Gasteiger charge is 2.10. The molecule has 0 aliphatic heterocycles. The Morgan fingerprint density at radius 3 is 2.47 bits per heavy atom. The maximum absolute atomic E-state index is 11.6. The monoisotopic (exact) mass is 230 g/mol. The molecule has 0 aromatic heterocycles. The van der Waals surface area contributed by atoms with Gasteiger partial charge in [0.25, 0.3) is 5.91 Å². The van der Waals surface area contributed by atoms with Crippen molar-refractivity contribution < 1.29 is 9.59 Å². The topological polar surface area (TPSA) is 63.4 Å². The molecule has 0 bridgehead atoms. The molecule has 0 saturated heterocycles. The van der Waals surface area contributed by atoms with Gasteiger partial charge >= 0.3 is 0 Å². The summed E-state index contributed by atoms with van der Waals surface area (Å²) in [6.45, 7) is 2.08. The number of amides is 2. The molecule has 0 spiro atoms. The Hall–Kier alpha value is -2.28. The summed E-state index contributed by atoms with van der Waals surface area (Å²) in [5, 5.41) is 0. The van der Waals surface area contributed by atoms with E-state index in [0.717, 1.165) is 5.56 Å². The number of hydrogen-bond donors (Lipinski definition) is 1. The van der Waals surface area contributed by atoms with E-state index in [1.165, 1.54) is 4.90 Å². The lowest BCUT2D eigenvalue weighted by atomic mass is 10.2. The van der Waals surface area contributed by atoms with Crippen LogP contribution in [0.15, 0.2) is 30.3 Å². The van der Waals surface area contributed by atoms with E-state index in [9.17, 15) is 9.59 Å². The zero-order valence-electron chi connectivity index (χ0n) is 9.64. The minimum Gasteiger partial charge on any atom is -0.368 e. The van der Waals surface area contributed by atoms with E-state index in [1.807, 2.05) is 30.3 Å².